The van der Waals surface area contributed by atoms with Crippen molar-refractivity contribution in [2.24, 2.45) is 0 Å². The summed E-state index contributed by atoms with van der Waals surface area (Å²) in [5.74, 6) is 0. The Morgan fingerprint density at radius 2 is 1.95 bits per heavy atom. The van der Waals surface area contributed by atoms with Crippen LogP contribution in [0.2, 0.25) is 5.02 Å². The average Bonchev–Trinajstić information content (AvgIpc) is 2.30. The smallest absolute Gasteiger partial charge is 0.288 e. The molecule has 0 aromatic heterocycles. The van der Waals surface area contributed by atoms with Gasteiger partial charge in [0.2, 0.25) is 0 Å². The second-order valence-electron chi connectivity index (χ2n) is 5.22. The molecular formula is C13H18ClN3O2. The van der Waals surface area contributed by atoms with E-state index in [0.717, 1.165) is 24.3 Å². The Hall–Kier alpha value is -1.33. The zero-order valence-electron chi connectivity index (χ0n) is 11.3. The lowest BCUT2D eigenvalue weighted by Crippen LogP contribution is -2.54. The van der Waals surface area contributed by atoms with Crippen LogP contribution in [0.4, 0.5) is 11.4 Å². The van der Waals surface area contributed by atoms with E-state index in [0.29, 0.717) is 12.1 Å². The van der Waals surface area contributed by atoms with E-state index in [9.17, 15) is 10.1 Å². The Morgan fingerprint density at radius 1 is 1.37 bits per heavy atom. The van der Waals surface area contributed by atoms with Crippen LogP contribution >= 0.6 is 11.6 Å². The fourth-order valence-electron chi connectivity index (χ4n) is 2.66. The molecule has 0 saturated carbocycles. The fourth-order valence-corrected chi connectivity index (χ4v) is 2.89. The Labute approximate surface area is 117 Å². The molecule has 1 heterocycles. The van der Waals surface area contributed by atoms with Crippen molar-refractivity contribution in [3.8, 4) is 0 Å². The predicted octanol–water partition coefficient (Wildman–Crippen LogP) is 2.74. The normalized spacial score (nSPS) is 23.5. The van der Waals surface area contributed by atoms with Gasteiger partial charge in [0, 0.05) is 36.9 Å². The van der Waals surface area contributed by atoms with Gasteiger partial charge in [-0.1, -0.05) is 11.6 Å². The van der Waals surface area contributed by atoms with Gasteiger partial charge in [0.25, 0.3) is 5.69 Å². The number of rotatable bonds is 2. The first-order chi connectivity index (χ1) is 8.88. The second-order valence-corrected chi connectivity index (χ2v) is 5.63. The molecule has 1 aliphatic rings. The summed E-state index contributed by atoms with van der Waals surface area (Å²) in [7, 11) is 0. The number of hydrogen-bond donors (Lipinski definition) is 1. The van der Waals surface area contributed by atoms with Gasteiger partial charge in [0.15, 0.2) is 0 Å². The van der Waals surface area contributed by atoms with Crippen molar-refractivity contribution in [1.82, 2.24) is 5.32 Å². The summed E-state index contributed by atoms with van der Waals surface area (Å²) in [4.78, 5) is 12.7. The van der Waals surface area contributed by atoms with E-state index in [4.69, 9.17) is 11.6 Å². The highest BCUT2D eigenvalue weighted by Gasteiger charge is 2.24. The van der Waals surface area contributed by atoms with Crippen LogP contribution in [0.3, 0.4) is 0 Å². The van der Waals surface area contributed by atoms with E-state index in [1.165, 1.54) is 0 Å². The number of benzene rings is 1. The first-order valence-electron chi connectivity index (χ1n) is 6.34. The highest BCUT2D eigenvalue weighted by atomic mass is 35.5. The second kappa shape index (κ2) is 5.35. The monoisotopic (exact) mass is 283 g/mol. The van der Waals surface area contributed by atoms with Crippen LogP contribution in [-0.2, 0) is 0 Å². The highest BCUT2D eigenvalue weighted by molar-refractivity contribution is 6.33. The van der Waals surface area contributed by atoms with Crippen molar-refractivity contribution in [1.29, 1.82) is 0 Å². The third-order valence-corrected chi connectivity index (χ3v) is 3.66. The number of nitrogens with one attached hydrogen (secondary N) is 1. The van der Waals surface area contributed by atoms with Crippen molar-refractivity contribution in [3.63, 3.8) is 0 Å². The van der Waals surface area contributed by atoms with Gasteiger partial charge in [0.05, 0.1) is 4.92 Å². The first kappa shape index (κ1) is 14.1. The molecule has 1 aliphatic heterocycles. The maximum Gasteiger partial charge on any atom is 0.288 e. The van der Waals surface area contributed by atoms with Crippen LogP contribution in [0.15, 0.2) is 12.1 Å². The summed E-state index contributed by atoms with van der Waals surface area (Å²) >= 11 is 6.00. The van der Waals surface area contributed by atoms with Gasteiger partial charge in [-0.15, -0.1) is 0 Å². The van der Waals surface area contributed by atoms with Crippen LogP contribution in [-0.4, -0.2) is 30.1 Å². The van der Waals surface area contributed by atoms with E-state index < -0.39 is 4.92 Å². The molecule has 2 rings (SSSR count). The van der Waals surface area contributed by atoms with Crippen molar-refractivity contribution < 1.29 is 4.92 Å². The molecule has 2 unspecified atom stereocenters. The van der Waals surface area contributed by atoms with Crippen molar-refractivity contribution in [2.75, 3.05) is 18.0 Å². The maximum atomic E-state index is 10.9. The lowest BCUT2D eigenvalue weighted by atomic mass is 10.1. The van der Waals surface area contributed by atoms with E-state index in [-0.39, 0.29) is 10.7 Å². The zero-order valence-corrected chi connectivity index (χ0v) is 12.1. The number of halogens is 1. The van der Waals surface area contributed by atoms with Gasteiger partial charge < -0.3 is 10.2 Å². The predicted molar refractivity (Wildman–Crippen MR) is 77.1 cm³/mol. The van der Waals surface area contributed by atoms with E-state index in [2.05, 4.69) is 24.1 Å². The average molecular weight is 284 g/mol. The van der Waals surface area contributed by atoms with Crippen LogP contribution in [0.5, 0.6) is 0 Å². The van der Waals surface area contributed by atoms with Gasteiger partial charge >= 0.3 is 0 Å². The number of nitrogens with zero attached hydrogens (tertiary/aromatic N) is 2. The third kappa shape index (κ3) is 2.98. The molecule has 5 nitrogen and oxygen atoms in total. The summed E-state index contributed by atoms with van der Waals surface area (Å²) < 4.78 is 0. The van der Waals surface area contributed by atoms with Crippen LogP contribution in [0.1, 0.15) is 19.4 Å². The maximum absolute atomic E-state index is 10.9. The van der Waals surface area contributed by atoms with Gasteiger partial charge in [-0.3, -0.25) is 10.1 Å². The molecule has 1 aromatic rings. The SMILES string of the molecule is Cc1cc([N+](=O)[O-])c(Cl)cc1N1CC(C)NC(C)C1. The third-order valence-electron chi connectivity index (χ3n) is 3.36. The minimum absolute atomic E-state index is 0.0286. The van der Waals surface area contributed by atoms with Crippen molar-refractivity contribution in [3.05, 3.63) is 32.8 Å². The van der Waals surface area contributed by atoms with Gasteiger partial charge in [-0.05, 0) is 32.4 Å². The van der Waals surface area contributed by atoms with Crippen molar-refractivity contribution >= 4 is 23.0 Å². The molecule has 104 valence electrons. The number of aryl methyl sites for hydroxylation is 1. The molecule has 2 atom stereocenters. The summed E-state index contributed by atoms with van der Waals surface area (Å²) in [5.41, 5.74) is 1.84. The molecule has 0 radical (unpaired) electrons. The highest BCUT2D eigenvalue weighted by Crippen LogP contribution is 2.33. The topological polar surface area (TPSA) is 58.4 Å². The number of nitro benzene ring substituents is 1. The number of piperazine rings is 1. The molecule has 1 saturated heterocycles. The minimum atomic E-state index is -0.442. The summed E-state index contributed by atoms with van der Waals surface area (Å²) in [5, 5.41) is 14.5. The van der Waals surface area contributed by atoms with Gasteiger partial charge in [-0.25, -0.2) is 0 Å². The molecule has 0 spiro atoms. The van der Waals surface area contributed by atoms with Crippen LogP contribution in [0.25, 0.3) is 0 Å². The minimum Gasteiger partial charge on any atom is -0.368 e. The van der Waals surface area contributed by atoms with Gasteiger partial charge in [-0.2, -0.15) is 0 Å². The van der Waals surface area contributed by atoms with E-state index in [1.54, 1.807) is 12.1 Å². The van der Waals surface area contributed by atoms with E-state index >= 15 is 0 Å². The Bertz CT molecular complexity index is 497. The summed E-state index contributed by atoms with van der Waals surface area (Å²) in [6, 6.07) is 4.03. The molecular weight excluding hydrogens is 266 g/mol. The molecule has 1 fully saturated rings. The molecule has 0 aliphatic carbocycles. The quantitative estimate of drug-likeness (QED) is 0.670. The number of nitro groups is 1. The standard InChI is InChI=1S/C13H18ClN3O2/c1-8-4-13(17(18)19)11(14)5-12(8)16-6-9(2)15-10(3)7-16/h4-5,9-10,15H,6-7H2,1-3H3. The number of anilines is 1. The van der Waals surface area contributed by atoms with Crippen LogP contribution < -0.4 is 10.2 Å². The molecule has 1 aromatic carbocycles. The van der Waals surface area contributed by atoms with Crippen LogP contribution in [0, 0.1) is 17.0 Å². The van der Waals surface area contributed by atoms with E-state index in [1.807, 2.05) is 6.92 Å². The molecule has 19 heavy (non-hydrogen) atoms. The molecule has 1 N–H and O–H groups in total. The molecule has 0 amide bonds. The lowest BCUT2D eigenvalue weighted by Gasteiger charge is -2.38. The summed E-state index contributed by atoms with van der Waals surface area (Å²) in [6.07, 6.45) is 0. The summed E-state index contributed by atoms with van der Waals surface area (Å²) in [6.45, 7) is 7.89. The zero-order chi connectivity index (χ0) is 14.2. The molecule has 6 heteroatoms. The van der Waals surface area contributed by atoms with Crippen molar-refractivity contribution in [2.45, 2.75) is 32.9 Å². The fraction of sp³-hybridized carbons (Fsp3) is 0.538. The Balaban J connectivity index is 2.35. The first-order valence-corrected chi connectivity index (χ1v) is 6.72. The largest absolute Gasteiger partial charge is 0.368 e. The number of hydrogen-bond acceptors (Lipinski definition) is 4. The lowest BCUT2D eigenvalue weighted by molar-refractivity contribution is -0.384. The molecule has 0 bridgehead atoms. The Morgan fingerprint density at radius 3 is 2.47 bits per heavy atom. The Kier molecular flexibility index (Phi) is 3.96. The van der Waals surface area contributed by atoms with Gasteiger partial charge in [0.1, 0.15) is 5.02 Å².